The van der Waals surface area contributed by atoms with Crippen LogP contribution < -0.4 is 5.73 Å². The first-order valence-electron chi connectivity index (χ1n) is 8.58. The van der Waals surface area contributed by atoms with Crippen LogP contribution in [0.1, 0.15) is 72.1 Å². The average Bonchev–Trinajstić information content (AvgIpc) is 3.19. The largest absolute Gasteiger partial charge is 0.329 e. The standard InChI is InChI=1S/C17H34N2/c1-4-10-19(16-7-8-16)17(13-18)9-5-6-15(12-17)11-14(2)3/h14-16H,4-13,18H2,1-3H3. The lowest BCUT2D eigenvalue weighted by Crippen LogP contribution is -2.57. The Kier molecular flexibility index (Phi) is 5.30. The third kappa shape index (κ3) is 3.72. The van der Waals surface area contributed by atoms with Gasteiger partial charge in [-0.05, 0) is 56.9 Å². The molecule has 2 nitrogen and oxygen atoms in total. The maximum Gasteiger partial charge on any atom is 0.0337 e. The second-order valence-electron chi connectivity index (χ2n) is 7.44. The summed E-state index contributed by atoms with van der Waals surface area (Å²) in [5, 5.41) is 0. The van der Waals surface area contributed by atoms with Crippen molar-refractivity contribution in [3.8, 4) is 0 Å². The van der Waals surface area contributed by atoms with E-state index >= 15 is 0 Å². The topological polar surface area (TPSA) is 29.3 Å². The molecule has 2 saturated carbocycles. The van der Waals surface area contributed by atoms with Gasteiger partial charge in [0.25, 0.3) is 0 Å². The van der Waals surface area contributed by atoms with Crippen molar-refractivity contribution in [2.45, 2.75) is 83.7 Å². The predicted octanol–water partition coefficient (Wildman–Crippen LogP) is 3.79. The van der Waals surface area contributed by atoms with Crippen molar-refractivity contribution in [1.29, 1.82) is 0 Å². The first kappa shape index (κ1) is 15.3. The van der Waals surface area contributed by atoms with Crippen molar-refractivity contribution in [2.24, 2.45) is 17.6 Å². The Morgan fingerprint density at radius 1 is 1.26 bits per heavy atom. The van der Waals surface area contributed by atoms with Gasteiger partial charge in [-0.3, -0.25) is 4.90 Å². The lowest BCUT2D eigenvalue weighted by atomic mass is 9.72. The molecule has 2 fully saturated rings. The van der Waals surface area contributed by atoms with Crippen molar-refractivity contribution in [3.63, 3.8) is 0 Å². The van der Waals surface area contributed by atoms with Crippen LogP contribution >= 0.6 is 0 Å². The first-order chi connectivity index (χ1) is 9.11. The van der Waals surface area contributed by atoms with Gasteiger partial charge in [-0.15, -0.1) is 0 Å². The number of rotatable bonds is 7. The summed E-state index contributed by atoms with van der Waals surface area (Å²) in [4.78, 5) is 2.82. The van der Waals surface area contributed by atoms with Gasteiger partial charge in [-0.1, -0.05) is 33.6 Å². The summed E-state index contributed by atoms with van der Waals surface area (Å²) in [5.41, 5.74) is 6.63. The molecule has 19 heavy (non-hydrogen) atoms. The van der Waals surface area contributed by atoms with E-state index in [0.29, 0.717) is 5.54 Å². The molecule has 0 aromatic carbocycles. The van der Waals surface area contributed by atoms with E-state index in [9.17, 15) is 0 Å². The van der Waals surface area contributed by atoms with Gasteiger partial charge in [0.05, 0.1) is 0 Å². The van der Waals surface area contributed by atoms with E-state index in [0.717, 1.165) is 24.4 Å². The molecule has 2 aliphatic rings. The zero-order valence-electron chi connectivity index (χ0n) is 13.3. The number of hydrogen-bond acceptors (Lipinski definition) is 2. The van der Waals surface area contributed by atoms with Crippen LogP contribution in [-0.2, 0) is 0 Å². The SMILES string of the molecule is CCCN(C1CC1)C1(CN)CCCC(CC(C)C)C1. The van der Waals surface area contributed by atoms with Gasteiger partial charge in [-0.25, -0.2) is 0 Å². The van der Waals surface area contributed by atoms with Gasteiger partial charge in [0.2, 0.25) is 0 Å². The third-order valence-corrected chi connectivity index (χ3v) is 5.17. The van der Waals surface area contributed by atoms with Crippen molar-refractivity contribution >= 4 is 0 Å². The summed E-state index contributed by atoms with van der Waals surface area (Å²) >= 11 is 0. The summed E-state index contributed by atoms with van der Waals surface area (Å²) in [5.74, 6) is 1.74. The molecule has 0 aromatic heterocycles. The van der Waals surface area contributed by atoms with Crippen LogP contribution in [-0.4, -0.2) is 29.6 Å². The molecule has 2 atom stereocenters. The van der Waals surface area contributed by atoms with Gasteiger partial charge < -0.3 is 5.73 Å². The van der Waals surface area contributed by atoms with Gasteiger partial charge >= 0.3 is 0 Å². The molecule has 112 valence electrons. The van der Waals surface area contributed by atoms with E-state index in [2.05, 4.69) is 25.7 Å². The molecular formula is C17H34N2. The molecule has 0 aromatic rings. The summed E-state index contributed by atoms with van der Waals surface area (Å²) in [6, 6.07) is 0.862. The molecule has 2 rings (SSSR count). The highest BCUT2D eigenvalue weighted by molar-refractivity contribution is 5.02. The Bertz CT molecular complexity index is 272. The normalized spacial score (nSPS) is 32.2. The molecule has 0 spiro atoms. The molecule has 2 aliphatic carbocycles. The molecule has 0 aliphatic heterocycles. The fourth-order valence-corrected chi connectivity index (χ4v) is 4.33. The second-order valence-corrected chi connectivity index (χ2v) is 7.44. The smallest absolute Gasteiger partial charge is 0.0337 e. The molecule has 0 heterocycles. The molecule has 2 N–H and O–H groups in total. The van der Waals surface area contributed by atoms with Gasteiger partial charge in [0, 0.05) is 18.1 Å². The Morgan fingerprint density at radius 3 is 2.53 bits per heavy atom. The maximum absolute atomic E-state index is 6.29. The van der Waals surface area contributed by atoms with Crippen LogP contribution in [0, 0.1) is 11.8 Å². The van der Waals surface area contributed by atoms with Crippen LogP contribution in [0.5, 0.6) is 0 Å². The fraction of sp³-hybridized carbons (Fsp3) is 1.00. The zero-order chi connectivity index (χ0) is 13.9. The van der Waals surface area contributed by atoms with E-state index in [-0.39, 0.29) is 0 Å². The van der Waals surface area contributed by atoms with Crippen molar-refractivity contribution < 1.29 is 0 Å². The highest BCUT2D eigenvalue weighted by Gasteiger charge is 2.45. The minimum atomic E-state index is 0.342. The van der Waals surface area contributed by atoms with Crippen molar-refractivity contribution in [3.05, 3.63) is 0 Å². The molecule has 2 heteroatoms. The second kappa shape index (κ2) is 6.58. The van der Waals surface area contributed by atoms with E-state index in [1.165, 1.54) is 57.9 Å². The summed E-state index contributed by atoms with van der Waals surface area (Å²) < 4.78 is 0. The Morgan fingerprint density at radius 2 is 2.00 bits per heavy atom. The predicted molar refractivity (Wildman–Crippen MR) is 83.2 cm³/mol. The Balaban J connectivity index is 2.06. The molecule has 0 radical (unpaired) electrons. The number of nitrogens with zero attached hydrogens (tertiary/aromatic N) is 1. The molecule has 0 amide bonds. The van der Waals surface area contributed by atoms with Crippen molar-refractivity contribution in [2.75, 3.05) is 13.1 Å². The highest BCUT2D eigenvalue weighted by Crippen LogP contribution is 2.43. The van der Waals surface area contributed by atoms with Gasteiger partial charge in [-0.2, -0.15) is 0 Å². The molecule has 2 unspecified atom stereocenters. The number of hydrogen-bond donors (Lipinski definition) is 1. The third-order valence-electron chi connectivity index (χ3n) is 5.17. The summed E-state index contributed by atoms with van der Waals surface area (Å²) in [6.07, 6.45) is 11.0. The minimum Gasteiger partial charge on any atom is -0.329 e. The lowest BCUT2D eigenvalue weighted by Gasteiger charge is -2.49. The molecule has 0 bridgehead atoms. The summed E-state index contributed by atoms with van der Waals surface area (Å²) in [7, 11) is 0. The van der Waals surface area contributed by atoms with Crippen LogP contribution in [0.15, 0.2) is 0 Å². The van der Waals surface area contributed by atoms with Gasteiger partial charge in [0.15, 0.2) is 0 Å². The Hall–Kier alpha value is -0.0800. The van der Waals surface area contributed by atoms with E-state index < -0.39 is 0 Å². The Labute approximate surface area is 120 Å². The zero-order valence-corrected chi connectivity index (χ0v) is 13.3. The maximum atomic E-state index is 6.29. The van der Waals surface area contributed by atoms with Crippen LogP contribution in [0.25, 0.3) is 0 Å². The van der Waals surface area contributed by atoms with Crippen LogP contribution in [0.2, 0.25) is 0 Å². The first-order valence-corrected chi connectivity index (χ1v) is 8.58. The van der Waals surface area contributed by atoms with Crippen LogP contribution in [0.4, 0.5) is 0 Å². The van der Waals surface area contributed by atoms with E-state index in [1.807, 2.05) is 0 Å². The highest BCUT2D eigenvalue weighted by atomic mass is 15.3. The average molecular weight is 266 g/mol. The minimum absolute atomic E-state index is 0.342. The van der Waals surface area contributed by atoms with E-state index in [1.54, 1.807) is 0 Å². The van der Waals surface area contributed by atoms with Crippen LogP contribution in [0.3, 0.4) is 0 Å². The van der Waals surface area contributed by atoms with Gasteiger partial charge in [0.1, 0.15) is 0 Å². The summed E-state index contributed by atoms with van der Waals surface area (Å²) in [6.45, 7) is 9.18. The van der Waals surface area contributed by atoms with E-state index in [4.69, 9.17) is 5.73 Å². The lowest BCUT2D eigenvalue weighted by molar-refractivity contribution is 0.0244. The quantitative estimate of drug-likeness (QED) is 0.759. The number of nitrogens with two attached hydrogens (primary N) is 1. The molecule has 0 saturated heterocycles. The van der Waals surface area contributed by atoms with Crippen molar-refractivity contribution in [1.82, 2.24) is 4.90 Å². The molecular weight excluding hydrogens is 232 g/mol. The monoisotopic (exact) mass is 266 g/mol. The fourth-order valence-electron chi connectivity index (χ4n) is 4.33.